The average Bonchev–Trinajstić information content (AvgIpc) is 2.79. The van der Waals surface area contributed by atoms with Gasteiger partial charge in [-0.1, -0.05) is 95.6 Å². The molecule has 0 nitrogen and oxygen atoms in total. The van der Waals surface area contributed by atoms with Crippen LogP contribution in [-0.2, 0) is 6.42 Å². The molecular formula is C30H46. The predicted molar refractivity (Wildman–Crippen MR) is 132 cm³/mol. The minimum atomic E-state index is 0.635. The summed E-state index contributed by atoms with van der Waals surface area (Å²) in [4.78, 5) is 0. The molecule has 0 N–H and O–H groups in total. The SMILES string of the molecule is CCCCCCC[C@H]1CC[C@H]([C@H]2CC[C@H](C#Cc3ccc(CCC)cc3)CC2)CC1. The van der Waals surface area contributed by atoms with Gasteiger partial charge in [-0.2, -0.15) is 0 Å². The van der Waals surface area contributed by atoms with Crippen molar-refractivity contribution in [2.75, 3.05) is 0 Å². The van der Waals surface area contributed by atoms with Crippen molar-refractivity contribution in [3.05, 3.63) is 35.4 Å². The molecule has 0 bridgehead atoms. The summed E-state index contributed by atoms with van der Waals surface area (Å²) in [7, 11) is 0. The topological polar surface area (TPSA) is 0 Å². The summed E-state index contributed by atoms with van der Waals surface area (Å²) in [5.74, 6) is 10.8. The van der Waals surface area contributed by atoms with E-state index < -0.39 is 0 Å². The maximum Gasteiger partial charge on any atom is 0.0245 e. The molecule has 0 radical (unpaired) electrons. The van der Waals surface area contributed by atoms with E-state index in [4.69, 9.17) is 0 Å². The molecule has 0 heterocycles. The normalized spacial score (nSPS) is 26.7. The molecule has 0 spiro atoms. The Hall–Kier alpha value is -1.22. The molecular weight excluding hydrogens is 360 g/mol. The van der Waals surface area contributed by atoms with Crippen LogP contribution in [0, 0.1) is 35.5 Å². The second-order valence-corrected chi connectivity index (χ2v) is 10.3. The molecule has 0 atom stereocenters. The zero-order valence-corrected chi connectivity index (χ0v) is 19.9. The first kappa shape index (κ1) is 23.4. The third-order valence-corrected chi connectivity index (χ3v) is 7.96. The lowest BCUT2D eigenvalue weighted by Crippen LogP contribution is -2.25. The fourth-order valence-electron chi connectivity index (χ4n) is 5.95. The number of unbranched alkanes of at least 4 members (excludes halogenated alkanes) is 4. The predicted octanol–water partition coefficient (Wildman–Crippen LogP) is 8.96. The fraction of sp³-hybridized carbons (Fsp3) is 0.733. The largest absolute Gasteiger partial charge is 0.0945 e. The molecule has 0 amide bonds. The quantitative estimate of drug-likeness (QED) is 0.283. The summed E-state index contributed by atoms with van der Waals surface area (Å²) in [5, 5.41) is 0. The Morgan fingerprint density at radius 3 is 1.97 bits per heavy atom. The lowest BCUT2D eigenvalue weighted by atomic mass is 9.69. The van der Waals surface area contributed by atoms with Crippen LogP contribution in [-0.4, -0.2) is 0 Å². The van der Waals surface area contributed by atoms with E-state index in [1.807, 2.05) is 0 Å². The fourth-order valence-corrected chi connectivity index (χ4v) is 5.95. The van der Waals surface area contributed by atoms with Crippen LogP contribution in [0.15, 0.2) is 24.3 Å². The van der Waals surface area contributed by atoms with E-state index in [1.54, 1.807) is 0 Å². The van der Waals surface area contributed by atoms with Gasteiger partial charge in [0.15, 0.2) is 0 Å². The van der Waals surface area contributed by atoms with Gasteiger partial charge in [-0.3, -0.25) is 0 Å². The van der Waals surface area contributed by atoms with Crippen molar-refractivity contribution in [2.24, 2.45) is 23.7 Å². The molecule has 2 saturated carbocycles. The first-order valence-corrected chi connectivity index (χ1v) is 13.4. The van der Waals surface area contributed by atoms with Crippen molar-refractivity contribution in [1.82, 2.24) is 0 Å². The van der Waals surface area contributed by atoms with Crippen LogP contribution in [0.3, 0.4) is 0 Å². The number of aryl methyl sites for hydroxylation is 1. The van der Waals surface area contributed by atoms with Crippen LogP contribution in [0.1, 0.15) is 121 Å². The summed E-state index contributed by atoms with van der Waals surface area (Å²) in [6.07, 6.45) is 22.7. The second kappa shape index (κ2) is 13.2. The highest BCUT2D eigenvalue weighted by Crippen LogP contribution is 2.42. The number of hydrogen-bond acceptors (Lipinski definition) is 0. The Balaban J connectivity index is 1.33. The van der Waals surface area contributed by atoms with Gasteiger partial charge >= 0.3 is 0 Å². The minimum Gasteiger partial charge on any atom is -0.0945 e. The first-order valence-electron chi connectivity index (χ1n) is 13.4. The van der Waals surface area contributed by atoms with Crippen molar-refractivity contribution in [3.8, 4) is 11.8 Å². The summed E-state index contributed by atoms with van der Waals surface area (Å²) >= 11 is 0. The monoisotopic (exact) mass is 406 g/mol. The zero-order chi connectivity index (χ0) is 21.0. The van der Waals surface area contributed by atoms with Gasteiger partial charge in [0.25, 0.3) is 0 Å². The lowest BCUT2D eigenvalue weighted by Gasteiger charge is -2.37. The molecule has 0 aromatic heterocycles. The molecule has 0 aliphatic heterocycles. The molecule has 30 heavy (non-hydrogen) atoms. The average molecular weight is 407 g/mol. The Labute approximate surface area is 187 Å². The van der Waals surface area contributed by atoms with Crippen LogP contribution in [0.2, 0.25) is 0 Å². The lowest BCUT2D eigenvalue weighted by molar-refractivity contribution is 0.153. The zero-order valence-electron chi connectivity index (χ0n) is 19.9. The van der Waals surface area contributed by atoms with Crippen molar-refractivity contribution in [3.63, 3.8) is 0 Å². The van der Waals surface area contributed by atoms with Gasteiger partial charge in [0, 0.05) is 11.5 Å². The second-order valence-electron chi connectivity index (χ2n) is 10.3. The molecule has 1 aromatic carbocycles. The smallest absolute Gasteiger partial charge is 0.0245 e. The third-order valence-electron chi connectivity index (χ3n) is 7.96. The maximum absolute atomic E-state index is 3.61. The van der Waals surface area contributed by atoms with E-state index in [1.165, 1.54) is 114 Å². The van der Waals surface area contributed by atoms with Gasteiger partial charge in [-0.15, -0.1) is 0 Å². The molecule has 0 saturated heterocycles. The van der Waals surface area contributed by atoms with Gasteiger partial charge in [-0.05, 0) is 80.4 Å². The Morgan fingerprint density at radius 1 is 0.700 bits per heavy atom. The van der Waals surface area contributed by atoms with Gasteiger partial charge in [0.2, 0.25) is 0 Å². The van der Waals surface area contributed by atoms with Gasteiger partial charge in [-0.25, -0.2) is 0 Å². The van der Waals surface area contributed by atoms with Crippen LogP contribution in [0.4, 0.5) is 0 Å². The molecule has 166 valence electrons. The first-order chi connectivity index (χ1) is 14.8. The molecule has 3 rings (SSSR count). The third kappa shape index (κ3) is 7.80. The van der Waals surface area contributed by atoms with Crippen molar-refractivity contribution in [1.29, 1.82) is 0 Å². The van der Waals surface area contributed by atoms with Gasteiger partial charge in [0.1, 0.15) is 0 Å². The Kier molecular flexibility index (Phi) is 10.4. The van der Waals surface area contributed by atoms with E-state index in [-0.39, 0.29) is 0 Å². The van der Waals surface area contributed by atoms with E-state index >= 15 is 0 Å². The molecule has 0 unspecified atom stereocenters. The van der Waals surface area contributed by atoms with Crippen molar-refractivity contribution in [2.45, 2.75) is 117 Å². The molecule has 2 fully saturated rings. The maximum atomic E-state index is 3.61. The number of hydrogen-bond donors (Lipinski definition) is 0. The van der Waals surface area contributed by atoms with Crippen LogP contribution >= 0.6 is 0 Å². The van der Waals surface area contributed by atoms with E-state index in [9.17, 15) is 0 Å². The van der Waals surface area contributed by atoms with E-state index in [0.717, 1.165) is 17.8 Å². The highest BCUT2D eigenvalue weighted by molar-refractivity contribution is 5.36. The van der Waals surface area contributed by atoms with Crippen LogP contribution < -0.4 is 0 Å². The van der Waals surface area contributed by atoms with E-state index in [2.05, 4.69) is 50.0 Å². The molecule has 0 heteroatoms. The van der Waals surface area contributed by atoms with Crippen LogP contribution in [0.5, 0.6) is 0 Å². The highest BCUT2D eigenvalue weighted by Gasteiger charge is 2.30. The Morgan fingerprint density at radius 2 is 1.33 bits per heavy atom. The summed E-state index contributed by atoms with van der Waals surface area (Å²) in [6, 6.07) is 8.94. The van der Waals surface area contributed by atoms with Crippen molar-refractivity contribution >= 4 is 0 Å². The van der Waals surface area contributed by atoms with Crippen LogP contribution in [0.25, 0.3) is 0 Å². The highest BCUT2D eigenvalue weighted by atomic mass is 14.4. The van der Waals surface area contributed by atoms with Gasteiger partial charge < -0.3 is 0 Å². The molecule has 2 aliphatic rings. The Bertz CT molecular complexity index is 627. The summed E-state index contributed by atoms with van der Waals surface area (Å²) in [5.41, 5.74) is 2.64. The van der Waals surface area contributed by atoms with Crippen molar-refractivity contribution < 1.29 is 0 Å². The summed E-state index contributed by atoms with van der Waals surface area (Å²) < 4.78 is 0. The molecule has 2 aliphatic carbocycles. The standard InChI is InChI=1S/C30H46/c1-3-5-6-7-8-10-26-17-21-29(22-18-26)30-23-19-28(20-24-30)16-15-27-13-11-25(9-4-2)12-14-27/h11-14,26,28-30H,3-10,17-24H2,1-2H3/t26-,28-,29-,30-. The number of benzene rings is 1. The van der Waals surface area contributed by atoms with Gasteiger partial charge in [0.05, 0.1) is 0 Å². The molecule has 1 aromatic rings. The summed E-state index contributed by atoms with van der Waals surface area (Å²) in [6.45, 7) is 4.55. The van der Waals surface area contributed by atoms with E-state index in [0.29, 0.717) is 5.92 Å². The minimum absolute atomic E-state index is 0.635. The number of rotatable bonds is 9.